The molecule has 2 aromatic carbocycles. The van der Waals surface area contributed by atoms with Crippen LogP contribution in [-0.4, -0.2) is 4.92 Å². The first kappa shape index (κ1) is 15.2. The molecule has 0 aliphatic carbocycles. The summed E-state index contributed by atoms with van der Waals surface area (Å²) >= 11 is 0. The van der Waals surface area contributed by atoms with Crippen molar-refractivity contribution in [2.24, 2.45) is 0 Å². The van der Waals surface area contributed by atoms with Crippen molar-refractivity contribution in [3.63, 3.8) is 0 Å². The molecule has 4 nitrogen and oxygen atoms in total. The fourth-order valence-corrected chi connectivity index (χ4v) is 2.38. The van der Waals surface area contributed by atoms with Gasteiger partial charge in [0.05, 0.1) is 4.92 Å². The Labute approximate surface area is 125 Å². The van der Waals surface area contributed by atoms with Crippen LogP contribution in [0.3, 0.4) is 0 Å². The summed E-state index contributed by atoms with van der Waals surface area (Å²) in [6.45, 7) is 7.35. The number of rotatable bonds is 5. The molecule has 2 rings (SSSR count). The van der Waals surface area contributed by atoms with Gasteiger partial charge in [0.1, 0.15) is 0 Å². The van der Waals surface area contributed by atoms with Crippen molar-refractivity contribution in [1.29, 1.82) is 0 Å². The van der Waals surface area contributed by atoms with E-state index in [1.54, 1.807) is 19.1 Å². The second-order valence-corrected chi connectivity index (χ2v) is 5.35. The van der Waals surface area contributed by atoms with E-state index in [9.17, 15) is 10.1 Å². The topological polar surface area (TPSA) is 55.2 Å². The fourth-order valence-electron chi connectivity index (χ4n) is 2.38. The lowest BCUT2D eigenvalue weighted by Gasteiger charge is -2.10. The molecule has 0 radical (unpaired) electrons. The van der Waals surface area contributed by atoms with E-state index in [1.165, 1.54) is 16.7 Å². The van der Waals surface area contributed by atoms with Gasteiger partial charge in [-0.1, -0.05) is 35.9 Å². The quantitative estimate of drug-likeness (QED) is 0.671. The summed E-state index contributed by atoms with van der Waals surface area (Å²) in [5.74, 6) is 0. The Balaban J connectivity index is 2.05. The van der Waals surface area contributed by atoms with Crippen LogP contribution in [0.25, 0.3) is 0 Å². The molecule has 0 aliphatic heterocycles. The maximum atomic E-state index is 10.9. The number of nitrogens with zero attached hydrogens (tertiary/aromatic N) is 1. The lowest BCUT2D eigenvalue weighted by atomic mass is 10.0. The van der Waals surface area contributed by atoms with Gasteiger partial charge in [-0.3, -0.25) is 10.1 Å². The van der Waals surface area contributed by atoms with Gasteiger partial charge in [-0.2, -0.15) is 0 Å². The number of nitro groups is 1. The lowest BCUT2D eigenvalue weighted by Crippen LogP contribution is -2.14. The third kappa shape index (κ3) is 3.67. The number of nitrogens with one attached hydrogen (secondary N) is 1. The summed E-state index contributed by atoms with van der Waals surface area (Å²) in [7, 11) is 0. The highest BCUT2D eigenvalue weighted by atomic mass is 16.6. The Bertz CT molecular complexity index is 666. The first-order valence-electron chi connectivity index (χ1n) is 6.99. The van der Waals surface area contributed by atoms with Crippen molar-refractivity contribution in [3.05, 3.63) is 74.3 Å². The van der Waals surface area contributed by atoms with Gasteiger partial charge in [0.25, 0.3) is 5.69 Å². The Hall–Kier alpha value is -2.20. The van der Waals surface area contributed by atoms with Crippen LogP contribution >= 0.6 is 0 Å². The second kappa shape index (κ2) is 6.50. The minimum atomic E-state index is -0.330. The van der Waals surface area contributed by atoms with E-state index in [0.29, 0.717) is 6.54 Å². The predicted molar refractivity (Wildman–Crippen MR) is 84.3 cm³/mol. The van der Waals surface area contributed by atoms with Gasteiger partial charge < -0.3 is 5.32 Å². The Morgan fingerprint density at radius 1 is 1.05 bits per heavy atom. The second-order valence-electron chi connectivity index (χ2n) is 5.35. The van der Waals surface area contributed by atoms with E-state index in [4.69, 9.17) is 0 Å². The zero-order valence-corrected chi connectivity index (χ0v) is 12.6. The summed E-state index contributed by atoms with van der Waals surface area (Å²) in [6.07, 6.45) is 0. The van der Waals surface area contributed by atoms with Crippen LogP contribution in [0.5, 0.6) is 0 Å². The van der Waals surface area contributed by atoms with Crippen LogP contribution in [0.1, 0.15) is 27.8 Å². The van der Waals surface area contributed by atoms with Crippen LogP contribution < -0.4 is 5.32 Å². The van der Waals surface area contributed by atoms with Gasteiger partial charge >= 0.3 is 0 Å². The van der Waals surface area contributed by atoms with Crippen molar-refractivity contribution >= 4 is 5.69 Å². The first-order chi connectivity index (χ1) is 9.99. The number of benzene rings is 2. The van der Waals surface area contributed by atoms with E-state index < -0.39 is 0 Å². The molecule has 0 heterocycles. The fraction of sp³-hybridized carbons (Fsp3) is 0.294. The number of hydrogen-bond donors (Lipinski definition) is 1. The molecule has 0 saturated heterocycles. The van der Waals surface area contributed by atoms with Crippen LogP contribution in [0.2, 0.25) is 0 Å². The zero-order chi connectivity index (χ0) is 15.4. The highest BCUT2D eigenvalue weighted by Gasteiger charge is 2.12. The largest absolute Gasteiger partial charge is 0.309 e. The third-order valence-electron chi connectivity index (χ3n) is 3.75. The average Bonchev–Trinajstić information content (AvgIpc) is 2.44. The minimum absolute atomic E-state index is 0.182. The van der Waals surface area contributed by atoms with Gasteiger partial charge in [0.15, 0.2) is 0 Å². The summed E-state index contributed by atoms with van der Waals surface area (Å²) < 4.78 is 0. The highest BCUT2D eigenvalue weighted by Crippen LogP contribution is 2.21. The number of nitro benzene ring substituents is 1. The first-order valence-corrected chi connectivity index (χ1v) is 6.99. The third-order valence-corrected chi connectivity index (χ3v) is 3.75. The van der Waals surface area contributed by atoms with E-state index >= 15 is 0 Å². The molecular formula is C17H20N2O2. The molecule has 0 atom stereocenters. The summed E-state index contributed by atoms with van der Waals surface area (Å²) in [4.78, 5) is 10.6. The Morgan fingerprint density at radius 3 is 2.48 bits per heavy atom. The molecule has 0 amide bonds. The van der Waals surface area contributed by atoms with Gasteiger partial charge in [-0.05, 0) is 37.5 Å². The molecular weight excluding hydrogens is 264 g/mol. The van der Waals surface area contributed by atoms with Crippen LogP contribution in [-0.2, 0) is 13.1 Å². The normalized spacial score (nSPS) is 10.6. The van der Waals surface area contributed by atoms with Crippen LogP contribution in [0, 0.1) is 30.9 Å². The SMILES string of the molecule is Cc1ccc(C)c(CNCc2cccc([N+](=O)[O-])c2C)c1. The molecule has 0 spiro atoms. The van der Waals surface area contributed by atoms with Crippen molar-refractivity contribution in [2.75, 3.05) is 0 Å². The number of aryl methyl sites for hydroxylation is 2. The predicted octanol–water partition coefficient (Wildman–Crippen LogP) is 3.81. The van der Waals surface area contributed by atoms with E-state index in [-0.39, 0.29) is 10.6 Å². The summed E-state index contributed by atoms with van der Waals surface area (Å²) in [5, 5.41) is 14.3. The molecule has 0 fully saturated rings. The summed E-state index contributed by atoms with van der Waals surface area (Å²) in [6, 6.07) is 11.6. The van der Waals surface area contributed by atoms with E-state index in [1.807, 2.05) is 6.07 Å². The minimum Gasteiger partial charge on any atom is -0.309 e. The zero-order valence-electron chi connectivity index (χ0n) is 12.6. The molecule has 110 valence electrons. The Morgan fingerprint density at radius 2 is 1.76 bits per heavy atom. The maximum Gasteiger partial charge on any atom is 0.272 e. The van der Waals surface area contributed by atoms with Gasteiger partial charge in [0.2, 0.25) is 0 Å². The molecule has 2 aromatic rings. The van der Waals surface area contributed by atoms with Crippen LogP contribution in [0.4, 0.5) is 5.69 Å². The maximum absolute atomic E-state index is 10.9. The van der Waals surface area contributed by atoms with E-state index in [0.717, 1.165) is 17.7 Å². The molecule has 0 aromatic heterocycles. The molecule has 4 heteroatoms. The molecule has 0 saturated carbocycles. The van der Waals surface area contributed by atoms with Gasteiger partial charge in [-0.25, -0.2) is 0 Å². The highest BCUT2D eigenvalue weighted by molar-refractivity contribution is 5.44. The van der Waals surface area contributed by atoms with E-state index in [2.05, 4.69) is 37.4 Å². The lowest BCUT2D eigenvalue weighted by molar-refractivity contribution is -0.385. The van der Waals surface area contributed by atoms with Gasteiger partial charge in [0, 0.05) is 24.7 Å². The molecule has 0 bridgehead atoms. The van der Waals surface area contributed by atoms with Crippen molar-refractivity contribution in [3.8, 4) is 0 Å². The van der Waals surface area contributed by atoms with Crippen molar-refractivity contribution in [1.82, 2.24) is 5.32 Å². The molecule has 0 aliphatic rings. The van der Waals surface area contributed by atoms with Crippen molar-refractivity contribution < 1.29 is 4.92 Å². The number of hydrogen-bond acceptors (Lipinski definition) is 3. The Kier molecular flexibility index (Phi) is 4.70. The smallest absolute Gasteiger partial charge is 0.272 e. The monoisotopic (exact) mass is 284 g/mol. The molecule has 21 heavy (non-hydrogen) atoms. The van der Waals surface area contributed by atoms with Crippen LogP contribution in [0.15, 0.2) is 36.4 Å². The summed E-state index contributed by atoms with van der Waals surface area (Å²) in [5.41, 5.74) is 5.64. The standard InChI is InChI=1S/C17H20N2O2/c1-12-7-8-13(2)16(9-12)11-18-10-15-5-4-6-17(14(15)3)19(20)21/h4-9,18H,10-11H2,1-3H3. The molecule has 0 unspecified atom stereocenters. The van der Waals surface area contributed by atoms with Crippen molar-refractivity contribution in [2.45, 2.75) is 33.9 Å². The molecule has 1 N–H and O–H groups in total. The average molecular weight is 284 g/mol. The van der Waals surface area contributed by atoms with Gasteiger partial charge in [-0.15, -0.1) is 0 Å².